The molecule has 0 radical (unpaired) electrons. The second kappa shape index (κ2) is 5.39. The van der Waals surface area contributed by atoms with E-state index in [0.717, 1.165) is 29.7 Å². The maximum atomic E-state index is 5.80. The highest BCUT2D eigenvalue weighted by Gasteiger charge is 2.21. The number of benzene rings is 1. The molecule has 0 amide bonds. The minimum absolute atomic E-state index is 0.484. The minimum atomic E-state index is 0.484. The van der Waals surface area contributed by atoms with Crippen molar-refractivity contribution in [2.24, 2.45) is 0 Å². The second-order valence-electron chi connectivity index (χ2n) is 4.05. The number of nitrogens with zero attached hydrogens (tertiary/aromatic N) is 1. The van der Waals surface area contributed by atoms with Gasteiger partial charge in [-0.2, -0.15) is 0 Å². The molecule has 1 aliphatic rings. The fraction of sp³-hybridized carbons (Fsp3) is 0.500. The Morgan fingerprint density at radius 2 is 2.38 bits per heavy atom. The first-order valence-corrected chi connectivity index (χ1v) is 6.70. The van der Waals surface area contributed by atoms with Crippen molar-refractivity contribution < 1.29 is 4.74 Å². The molecule has 0 N–H and O–H groups in total. The lowest BCUT2D eigenvalue weighted by Gasteiger charge is -2.26. The highest BCUT2D eigenvalue weighted by molar-refractivity contribution is 9.10. The zero-order chi connectivity index (χ0) is 11.5. The van der Waals surface area contributed by atoms with Gasteiger partial charge in [0.25, 0.3) is 0 Å². The molecule has 1 atom stereocenters. The van der Waals surface area contributed by atoms with Crippen molar-refractivity contribution in [1.82, 2.24) is 0 Å². The number of anilines is 1. The monoisotopic (exact) mass is 303 g/mol. The van der Waals surface area contributed by atoms with E-state index in [1.807, 2.05) is 0 Å². The Morgan fingerprint density at radius 3 is 2.94 bits per heavy atom. The summed E-state index contributed by atoms with van der Waals surface area (Å²) in [6.07, 6.45) is 1.10. The second-order valence-corrected chi connectivity index (χ2v) is 5.17. The Hall–Kier alpha value is -0.250. The van der Waals surface area contributed by atoms with Crippen LogP contribution in [0.1, 0.15) is 12.0 Å². The number of ether oxygens (including phenoxy) is 1. The van der Waals surface area contributed by atoms with Gasteiger partial charge in [0, 0.05) is 24.0 Å². The average Bonchev–Trinajstić information content (AvgIpc) is 2.81. The van der Waals surface area contributed by atoms with Gasteiger partial charge in [-0.3, -0.25) is 0 Å². The van der Waals surface area contributed by atoms with E-state index < -0.39 is 0 Å². The number of alkyl halides is 1. The van der Waals surface area contributed by atoms with E-state index in [0.29, 0.717) is 11.9 Å². The van der Waals surface area contributed by atoms with Crippen molar-refractivity contribution in [3.8, 4) is 0 Å². The normalized spacial score (nSPS) is 20.1. The third kappa shape index (κ3) is 2.53. The molecule has 1 heterocycles. The Bertz CT molecular complexity index is 366. The topological polar surface area (TPSA) is 12.5 Å². The maximum absolute atomic E-state index is 5.80. The minimum Gasteiger partial charge on any atom is -0.379 e. The quantitative estimate of drug-likeness (QED) is 0.794. The van der Waals surface area contributed by atoms with Gasteiger partial charge in [-0.15, -0.1) is 11.6 Å². The standard InChI is InChI=1S/C12H15BrClNO/c1-15(10-4-5-16-8-10)12-3-2-9(7-14)6-11(12)13/h2-3,6,10H,4-5,7-8H2,1H3. The first kappa shape index (κ1) is 12.2. The van der Waals surface area contributed by atoms with Crippen LogP contribution >= 0.6 is 27.5 Å². The first-order valence-electron chi connectivity index (χ1n) is 5.37. The number of hydrogen-bond donors (Lipinski definition) is 0. The highest BCUT2D eigenvalue weighted by atomic mass is 79.9. The maximum Gasteiger partial charge on any atom is 0.0670 e. The number of rotatable bonds is 3. The van der Waals surface area contributed by atoms with Crippen molar-refractivity contribution in [3.05, 3.63) is 28.2 Å². The molecule has 0 bridgehead atoms. The summed E-state index contributed by atoms with van der Waals surface area (Å²) in [6, 6.07) is 6.74. The van der Waals surface area contributed by atoms with Crippen LogP contribution in [0, 0.1) is 0 Å². The molecule has 1 aliphatic heterocycles. The Labute approximate surface area is 110 Å². The number of halogens is 2. The van der Waals surface area contributed by atoms with Gasteiger partial charge in [-0.1, -0.05) is 6.07 Å². The Morgan fingerprint density at radius 1 is 1.56 bits per heavy atom. The van der Waals surface area contributed by atoms with Gasteiger partial charge in [-0.25, -0.2) is 0 Å². The molecule has 1 aromatic carbocycles. The number of likely N-dealkylation sites (N-methyl/N-ethyl adjacent to an activating group) is 1. The largest absolute Gasteiger partial charge is 0.379 e. The van der Waals surface area contributed by atoms with E-state index >= 15 is 0 Å². The predicted octanol–water partition coefficient (Wildman–Crippen LogP) is 3.41. The molecule has 16 heavy (non-hydrogen) atoms. The molecule has 4 heteroatoms. The van der Waals surface area contributed by atoms with Crippen LogP contribution in [0.5, 0.6) is 0 Å². The summed E-state index contributed by atoms with van der Waals surface area (Å²) < 4.78 is 6.50. The van der Waals surface area contributed by atoms with E-state index in [4.69, 9.17) is 16.3 Å². The molecule has 2 rings (SSSR count). The van der Waals surface area contributed by atoms with Gasteiger partial charge in [0.2, 0.25) is 0 Å². The van der Waals surface area contributed by atoms with Gasteiger partial charge in [0.15, 0.2) is 0 Å². The van der Waals surface area contributed by atoms with Gasteiger partial charge < -0.3 is 9.64 Å². The van der Waals surface area contributed by atoms with Crippen molar-refractivity contribution in [3.63, 3.8) is 0 Å². The van der Waals surface area contributed by atoms with Crippen LogP contribution in [0.25, 0.3) is 0 Å². The van der Waals surface area contributed by atoms with E-state index in [1.54, 1.807) is 0 Å². The zero-order valence-electron chi connectivity index (χ0n) is 9.25. The van der Waals surface area contributed by atoms with Crippen molar-refractivity contribution in [2.45, 2.75) is 18.3 Å². The molecule has 88 valence electrons. The molecule has 1 unspecified atom stereocenters. The lowest BCUT2D eigenvalue weighted by Crippen LogP contribution is -2.31. The summed E-state index contributed by atoms with van der Waals surface area (Å²) in [4.78, 5) is 2.27. The van der Waals surface area contributed by atoms with Gasteiger partial charge in [-0.05, 0) is 40.0 Å². The summed E-state index contributed by atoms with van der Waals surface area (Å²) >= 11 is 9.40. The molecule has 1 aromatic rings. The molecule has 0 aliphatic carbocycles. The van der Waals surface area contributed by atoms with E-state index in [1.165, 1.54) is 5.69 Å². The zero-order valence-corrected chi connectivity index (χ0v) is 11.6. The van der Waals surface area contributed by atoms with Gasteiger partial charge >= 0.3 is 0 Å². The summed E-state index contributed by atoms with van der Waals surface area (Å²) in [6.45, 7) is 1.69. The summed E-state index contributed by atoms with van der Waals surface area (Å²) in [5.74, 6) is 0.551. The average molecular weight is 305 g/mol. The molecule has 0 spiro atoms. The molecule has 0 saturated carbocycles. The first-order chi connectivity index (χ1) is 7.72. The van der Waals surface area contributed by atoms with Crippen LogP contribution in [-0.4, -0.2) is 26.3 Å². The van der Waals surface area contributed by atoms with Crippen LogP contribution in [0.3, 0.4) is 0 Å². The van der Waals surface area contributed by atoms with Crippen LogP contribution in [0.4, 0.5) is 5.69 Å². The Balaban J connectivity index is 2.19. The molecular weight excluding hydrogens is 289 g/mol. The lowest BCUT2D eigenvalue weighted by atomic mass is 10.1. The third-order valence-electron chi connectivity index (χ3n) is 3.00. The summed E-state index contributed by atoms with van der Waals surface area (Å²) in [7, 11) is 2.11. The molecule has 2 nitrogen and oxygen atoms in total. The van der Waals surface area contributed by atoms with Gasteiger partial charge in [0.05, 0.1) is 18.3 Å². The summed E-state index contributed by atoms with van der Waals surface area (Å²) in [5.41, 5.74) is 2.33. The van der Waals surface area contributed by atoms with E-state index in [-0.39, 0.29) is 0 Å². The molecule has 0 aromatic heterocycles. The molecule has 1 saturated heterocycles. The fourth-order valence-electron chi connectivity index (χ4n) is 1.94. The van der Waals surface area contributed by atoms with E-state index in [2.05, 4.69) is 46.1 Å². The van der Waals surface area contributed by atoms with E-state index in [9.17, 15) is 0 Å². The third-order valence-corrected chi connectivity index (χ3v) is 3.94. The van der Waals surface area contributed by atoms with Crippen LogP contribution in [0.2, 0.25) is 0 Å². The lowest BCUT2D eigenvalue weighted by molar-refractivity contribution is 0.193. The molecular formula is C12H15BrClNO. The van der Waals surface area contributed by atoms with Crippen molar-refractivity contribution >= 4 is 33.2 Å². The summed E-state index contributed by atoms with van der Waals surface area (Å²) in [5, 5.41) is 0. The van der Waals surface area contributed by atoms with Gasteiger partial charge in [0.1, 0.15) is 0 Å². The van der Waals surface area contributed by atoms with Crippen molar-refractivity contribution in [2.75, 3.05) is 25.2 Å². The SMILES string of the molecule is CN(c1ccc(CCl)cc1Br)C1CCOC1. The van der Waals surface area contributed by atoms with Crippen molar-refractivity contribution in [1.29, 1.82) is 0 Å². The smallest absolute Gasteiger partial charge is 0.0670 e. The molecule has 1 fully saturated rings. The fourth-order valence-corrected chi connectivity index (χ4v) is 2.82. The van der Waals surface area contributed by atoms with Crippen LogP contribution in [0.15, 0.2) is 22.7 Å². The highest BCUT2D eigenvalue weighted by Crippen LogP contribution is 2.29. The number of hydrogen-bond acceptors (Lipinski definition) is 2. The van der Waals surface area contributed by atoms with Crippen LogP contribution in [-0.2, 0) is 10.6 Å². The predicted molar refractivity (Wildman–Crippen MR) is 71.3 cm³/mol. The Kier molecular flexibility index (Phi) is 4.11. The van der Waals surface area contributed by atoms with Crippen LogP contribution < -0.4 is 4.90 Å².